The highest BCUT2D eigenvalue weighted by Gasteiger charge is 2.21. The highest BCUT2D eigenvalue weighted by atomic mass is 35.5. The quantitative estimate of drug-likeness (QED) is 0.0994. The molecule has 55 heavy (non-hydrogen) atoms. The second-order valence-corrected chi connectivity index (χ2v) is 13.2. The number of aryl methyl sites for hydroxylation is 1. The number of halogens is 2. The van der Waals surface area contributed by atoms with Crippen molar-refractivity contribution in [3.05, 3.63) is 93.2 Å². The highest BCUT2D eigenvalue weighted by Crippen LogP contribution is 2.35. The first-order valence-electron chi connectivity index (χ1n) is 16.1. The van der Waals surface area contributed by atoms with E-state index in [0.717, 1.165) is 28.4 Å². The Balaban J connectivity index is 0.000000234. The third kappa shape index (κ3) is 10.9. The zero-order valence-electron chi connectivity index (χ0n) is 30.2. The number of nitrogens with one attached hydrogen (secondary N) is 2. The number of methoxy groups -OCH3 is 3. The van der Waals surface area contributed by atoms with E-state index in [9.17, 15) is 19.8 Å². The molecule has 1 aromatic carbocycles. The van der Waals surface area contributed by atoms with Gasteiger partial charge in [-0.1, -0.05) is 53.3 Å². The molecule has 0 fully saturated rings. The molecule has 16 nitrogen and oxygen atoms in total. The fourth-order valence-electron chi connectivity index (χ4n) is 4.69. The predicted octanol–water partition coefficient (Wildman–Crippen LogP) is 6.75. The summed E-state index contributed by atoms with van der Waals surface area (Å²) in [5.41, 5.74) is 4.66. The normalized spacial score (nSPS) is 10.3. The predicted molar refractivity (Wildman–Crippen MR) is 210 cm³/mol. The molecule has 4 N–H and O–H groups in total. The summed E-state index contributed by atoms with van der Waals surface area (Å²) in [5, 5.41) is 41.6. The van der Waals surface area contributed by atoms with Gasteiger partial charge in [-0.15, -0.1) is 10.2 Å². The molecule has 0 aliphatic rings. The number of carbonyl (C=O) groups excluding carboxylic acids is 2. The average molecular weight is 829 g/mol. The summed E-state index contributed by atoms with van der Waals surface area (Å²) in [6.07, 6.45) is 4.30. The van der Waals surface area contributed by atoms with E-state index in [1.54, 1.807) is 36.4 Å². The largest absolute Gasteiger partial charge is 0.494 e. The van der Waals surface area contributed by atoms with Crippen molar-refractivity contribution in [2.75, 3.05) is 32.0 Å². The Morgan fingerprint density at radius 2 is 1.27 bits per heavy atom. The lowest BCUT2D eigenvalue weighted by Crippen LogP contribution is -2.14. The summed E-state index contributed by atoms with van der Waals surface area (Å²) in [5.74, 6) is -0.438. The van der Waals surface area contributed by atoms with Crippen LogP contribution in [0.15, 0.2) is 55.0 Å². The van der Waals surface area contributed by atoms with Crippen molar-refractivity contribution in [1.29, 1.82) is 0 Å². The van der Waals surface area contributed by atoms with Gasteiger partial charge in [0.15, 0.2) is 0 Å². The van der Waals surface area contributed by atoms with E-state index in [-0.39, 0.29) is 29.1 Å². The smallest absolute Gasteiger partial charge is 0.295 e. The van der Waals surface area contributed by atoms with Crippen molar-refractivity contribution in [1.82, 2.24) is 35.3 Å². The minimum absolute atomic E-state index is 0.178. The molecule has 288 valence electrons. The lowest BCUT2D eigenvalue weighted by Gasteiger charge is -2.13. The van der Waals surface area contributed by atoms with Gasteiger partial charge in [-0.25, -0.2) is 4.98 Å². The maximum Gasteiger partial charge on any atom is 0.295 e. The maximum atomic E-state index is 12.8. The summed E-state index contributed by atoms with van der Waals surface area (Å²) >= 11 is 14.3. The second-order valence-electron chi connectivity index (χ2n) is 10.5. The van der Waals surface area contributed by atoms with Gasteiger partial charge in [0, 0.05) is 34.2 Å². The number of hydrogen-bond donors (Lipinski definition) is 4. The van der Waals surface area contributed by atoms with Crippen molar-refractivity contribution < 1.29 is 34.0 Å². The minimum atomic E-state index is -0.462. The molecule has 0 saturated heterocycles. The van der Waals surface area contributed by atoms with E-state index in [1.807, 2.05) is 20.8 Å². The van der Waals surface area contributed by atoms with Crippen molar-refractivity contribution in [2.24, 2.45) is 0 Å². The number of rotatable bonds is 11. The van der Waals surface area contributed by atoms with Crippen LogP contribution in [0.25, 0.3) is 22.3 Å². The number of amides is 2. The van der Waals surface area contributed by atoms with E-state index in [4.69, 9.17) is 37.4 Å². The number of ether oxygens (including phenoxy) is 3. The summed E-state index contributed by atoms with van der Waals surface area (Å²) in [7, 11) is 4.42. The molecule has 2 amide bonds. The van der Waals surface area contributed by atoms with E-state index < -0.39 is 11.8 Å². The van der Waals surface area contributed by atoms with Crippen LogP contribution in [-0.2, 0) is 13.2 Å². The van der Waals surface area contributed by atoms with Gasteiger partial charge in [0.05, 0.1) is 57.6 Å². The standard InChI is InChI=1S/C17H15ClN4O3S.C16H14ClN5O4S.C2H6/c1-9-5-13(12-6-11(18)4-3-10(12)8-23)14(7-19-9)15(24)20-16-21-22-17(25-2)26-16;1-25-12-6-19-13(17)4-10(12)9-3-8(7-23)18-5-11(9)14(24)20-15-21-22-16(26-2)27-15;1-2/h3-7,23H,8H2,1-2H3,(H,20,21,24);3-6,23H,7H2,1-2H3,(H,20,21,24);1-2H3. The Labute approximate surface area is 333 Å². The van der Waals surface area contributed by atoms with Crippen LogP contribution in [0.2, 0.25) is 10.2 Å². The molecule has 0 atom stereocenters. The third-order valence-electron chi connectivity index (χ3n) is 7.13. The van der Waals surface area contributed by atoms with E-state index in [1.165, 1.54) is 39.9 Å². The number of anilines is 2. The second kappa shape index (κ2) is 20.3. The van der Waals surface area contributed by atoms with Gasteiger partial charge >= 0.3 is 0 Å². The first-order valence-corrected chi connectivity index (χ1v) is 18.5. The van der Waals surface area contributed by atoms with Gasteiger partial charge in [-0.05, 0) is 76.6 Å². The Morgan fingerprint density at radius 3 is 1.80 bits per heavy atom. The van der Waals surface area contributed by atoms with Crippen LogP contribution in [0.3, 0.4) is 0 Å². The number of pyridine rings is 3. The van der Waals surface area contributed by atoms with Crippen molar-refractivity contribution in [3.8, 4) is 38.4 Å². The SMILES string of the molecule is CC.COc1nnc(NC(=O)c2cnc(C)cc2-c2cc(Cl)ccc2CO)s1.COc1nnc(NC(=O)c2cnc(CO)cc2-c2cc(Cl)ncc2OC)s1. The molecular weight excluding hydrogens is 793 g/mol. The van der Waals surface area contributed by atoms with Crippen molar-refractivity contribution >= 4 is 68.0 Å². The van der Waals surface area contributed by atoms with Crippen LogP contribution < -0.4 is 24.8 Å². The molecule has 0 saturated carbocycles. The van der Waals surface area contributed by atoms with E-state index in [0.29, 0.717) is 65.4 Å². The van der Waals surface area contributed by atoms with Gasteiger partial charge in [0.25, 0.3) is 22.2 Å². The van der Waals surface area contributed by atoms with Crippen LogP contribution in [0.1, 0.15) is 51.5 Å². The van der Waals surface area contributed by atoms with Gasteiger partial charge in [0.1, 0.15) is 10.9 Å². The first-order chi connectivity index (χ1) is 26.6. The van der Waals surface area contributed by atoms with Crippen LogP contribution in [0.4, 0.5) is 10.3 Å². The molecule has 0 bridgehead atoms. The fourth-order valence-corrected chi connectivity index (χ4v) is 6.14. The van der Waals surface area contributed by atoms with Gasteiger partial charge in [-0.3, -0.25) is 30.2 Å². The summed E-state index contributed by atoms with van der Waals surface area (Å²) in [6, 6.07) is 10.1. The number of hydrogen-bond acceptors (Lipinski definition) is 16. The zero-order chi connectivity index (χ0) is 40.1. The first kappa shape index (κ1) is 42.4. The molecular formula is C35H35Cl2N9O7S2. The molecule has 0 spiro atoms. The van der Waals surface area contributed by atoms with Crippen LogP contribution >= 0.6 is 45.9 Å². The Bertz CT molecular complexity index is 2260. The monoisotopic (exact) mass is 827 g/mol. The van der Waals surface area contributed by atoms with E-state index in [2.05, 4.69) is 46.0 Å². The molecule has 6 rings (SSSR count). The Hall–Kier alpha value is -5.37. The Kier molecular flexibility index (Phi) is 15.7. The number of aromatic nitrogens is 7. The molecule has 0 radical (unpaired) electrons. The number of aliphatic hydroxyl groups excluding tert-OH is 2. The van der Waals surface area contributed by atoms with E-state index >= 15 is 0 Å². The van der Waals surface area contributed by atoms with Crippen molar-refractivity contribution in [3.63, 3.8) is 0 Å². The highest BCUT2D eigenvalue weighted by molar-refractivity contribution is 7.17. The summed E-state index contributed by atoms with van der Waals surface area (Å²) in [4.78, 5) is 37.8. The number of nitrogens with zero attached hydrogens (tertiary/aromatic N) is 7. The lowest BCUT2D eigenvalue weighted by molar-refractivity contribution is 0.101. The fraction of sp³-hybridized carbons (Fsp3) is 0.229. The van der Waals surface area contributed by atoms with Gasteiger partial charge < -0.3 is 24.4 Å². The minimum Gasteiger partial charge on any atom is -0.494 e. The van der Waals surface area contributed by atoms with Gasteiger partial charge in [0.2, 0.25) is 10.3 Å². The topological polar surface area (TPSA) is 217 Å². The van der Waals surface area contributed by atoms with Gasteiger partial charge in [-0.2, -0.15) is 0 Å². The molecule has 0 unspecified atom stereocenters. The molecule has 20 heteroatoms. The third-order valence-corrected chi connectivity index (χ3v) is 9.17. The van der Waals surface area contributed by atoms with Crippen LogP contribution in [0, 0.1) is 6.92 Å². The Morgan fingerprint density at radius 1 is 0.691 bits per heavy atom. The summed E-state index contributed by atoms with van der Waals surface area (Å²) in [6.45, 7) is 5.36. The lowest BCUT2D eigenvalue weighted by atomic mass is 9.96. The molecule has 0 aliphatic heterocycles. The van der Waals surface area contributed by atoms with Crippen molar-refractivity contribution in [2.45, 2.75) is 34.0 Å². The zero-order valence-corrected chi connectivity index (χ0v) is 33.4. The number of aliphatic hydroxyl groups is 2. The average Bonchev–Trinajstić information content (AvgIpc) is 3.87. The molecule has 6 aromatic rings. The molecule has 5 heterocycles. The van der Waals surface area contributed by atoms with Crippen LogP contribution in [0.5, 0.6) is 16.1 Å². The molecule has 5 aromatic heterocycles. The molecule has 0 aliphatic carbocycles. The summed E-state index contributed by atoms with van der Waals surface area (Å²) < 4.78 is 15.3. The van der Waals surface area contributed by atoms with Crippen LogP contribution in [-0.4, -0.2) is 78.7 Å². The maximum absolute atomic E-state index is 12.8. The number of benzene rings is 1. The number of carbonyl (C=O) groups is 2.